The van der Waals surface area contributed by atoms with Crippen LogP contribution in [0.2, 0.25) is 5.02 Å². The first-order valence-corrected chi connectivity index (χ1v) is 5.34. The van der Waals surface area contributed by atoms with Crippen molar-refractivity contribution in [3.63, 3.8) is 0 Å². The molecular formula is C10H11ClN2O5. The Labute approximate surface area is 107 Å². The number of carbonyl (C=O) groups is 1. The van der Waals surface area contributed by atoms with Crippen molar-refractivity contribution >= 4 is 23.2 Å². The normalized spacial score (nSPS) is 11.9. The molecule has 1 aromatic rings. The zero-order valence-corrected chi connectivity index (χ0v) is 9.92. The van der Waals surface area contributed by atoms with Crippen molar-refractivity contribution in [2.45, 2.75) is 6.10 Å². The summed E-state index contributed by atoms with van der Waals surface area (Å²) in [5, 5.41) is 30.4. The summed E-state index contributed by atoms with van der Waals surface area (Å²) in [4.78, 5) is 21.5. The van der Waals surface area contributed by atoms with Crippen molar-refractivity contribution in [2.75, 3.05) is 13.2 Å². The van der Waals surface area contributed by atoms with Crippen LogP contribution < -0.4 is 5.32 Å². The predicted octanol–water partition coefficient (Wildman–Crippen LogP) is 0.331. The van der Waals surface area contributed by atoms with E-state index in [-0.39, 0.29) is 22.8 Å². The van der Waals surface area contributed by atoms with E-state index in [1.54, 1.807) is 0 Å². The van der Waals surface area contributed by atoms with Gasteiger partial charge in [-0.25, -0.2) is 0 Å². The molecule has 18 heavy (non-hydrogen) atoms. The Bertz CT molecular complexity index is 466. The quantitative estimate of drug-likeness (QED) is 0.529. The standard InChI is InChI=1S/C10H11ClN2O5/c11-9-3-6(13(17)18)1-2-8(9)10(16)12-4-7(15)5-14/h1-3,7,14-15H,4-5H2,(H,12,16). The van der Waals surface area contributed by atoms with E-state index in [1.165, 1.54) is 6.07 Å². The van der Waals surface area contributed by atoms with Gasteiger partial charge in [0.1, 0.15) is 0 Å². The highest BCUT2D eigenvalue weighted by atomic mass is 35.5. The van der Waals surface area contributed by atoms with E-state index in [2.05, 4.69) is 5.32 Å². The minimum Gasteiger partial charge on any atom is -0.394 e. The first kappa shape index (κ1) is 14.4. The van der Waals surface area contributed by atoms with Crippen LogP contribution in [0.25, 0.3) is 0 Å². The third kappa shape index (κ3) is 3.66. The number of hydrogen-bond acceptors (Lipinski definition) is 5. The topological polar surface area (TPSA) is 113 Å². The third-order valence-corrected chi connectivity index (χ3v) is 2.43. The number of nitro groups is 1. The molecule has 0 aliphatic carbocycles. The Morgan fingerprint density at radius 3 is 2.72 bits per heavy atom. The molecule has 0 fully saturated rings. The van der Waals surface area contributed by atoms with E-state index in [9.17, 15) is 14.9 Å². The molecule has 0 spiro atoms. The molecule has 0 saturated carbocycles. The first-order chi connectivity index (χ1) is 8.45. The molecule has 1 atom stereocenters. The molecule has 98 valence electrons. The second kappa shape index (κ2) is 6.29. The second-order valence-electron chi connectivity index (χ2n) is 3.47. The lowest BCUT2D eigenvalue weighted by Gasteiger charge is -2.09. The third-order valence-electron chi connectivity index (χ3n) is 2.12. The summed E-state index contributed by atoms with van der Waals surface area (Å²) in [5.41, 5.74) is -0.153. The lowest BCUT2D eigenvalue weighted by molar-refractivity contribution is -0.384. The van der Waals surface area contributed by atoms with Crippen LogP contribution in [0, 0.1) is 10.1 Å². The van der Waals surface area contributed by atoms with Crippen LogP contribution in [-0.4, -0.2) is 40.3 Å². The van der Waals surface area contributed by atoms with Gasteiger partial charge in [-0.3, -0.25) is 14.9 Å². The van der Waals surface area contributed by atoms with Crippen molar-refractivity contribution in [3.05, 3.63) is 38.9 Å². The van der Waals surface area contributed by atoms with Crippen molar-refractivity contribution in [1.29, 1.82) is 0 Å². The molecule has 0 bridgehead atoms. The van der Waals surface area contributed by atoms with Gasteiger partial charge in [0, 0.05) is 18.7 Å². The molecule has 0 aromatic heterocycles. The van der Waals surface area contributed by atoms with Gasteiger partial charge in [0.05, 0.1) is 28.2 Å². The minimum atomic E-state index is -1.06. The van der Waals surface area contributed by atoms with Crippen molar-refractivity contribution in [2.24, 2.45) is 0 Å². The number of non-ortho nitro benzene ring substituents is 1. The predicted molar refractivity (Wildman–Crippen MR) is 63.5 cm³/mol. The largest absolute Gasteiger partial charge is 0.394 e. The van der Waals surface area contributed by atoms with Gasteiger partial charge in [-0.05, 0) is 6.07 Å². The highest BCUT2D eigenvalue weighted by Crippen LogP contribution is 2.22. The summed E-state index contributed by atoms with van der Waals surface area (Å²) < 4.78 is 0. The number of halogens is 1. The summed E-state index contributed by atoms with van der Waals surface area (Å²) in [6.45, 7) is -0.614. The highest BCUT2D eigenvalue weighted by Gasteiger charge is 2.15. The summed E-state index contributed by atoms with van der Waals surface area (Å²) >= 11 is 5.74. The van der Waals surface area contributed by atoms with Gasteiger partial charge in [-0.15, -0.1) is 0 Å². The Balaban J connectivity index is 2.78. The maximum atomic E-state index is 11.6. The number of nitrogens with zero attached hydrogens (tertiary/aromatic N) is 1. The van der Waals surface area contributed by atoms with E-state index in [0.29, 0.717) is 0 Å². The minimum absolute atomic E-state index is 0.0554. The fraction of sp³-hybridized carbons (Fsp3) is 0.300. The number of amides is 1. The van der Waals surface area contributed by atoms with Crippen LogP contribution in [0.5, 0.6) is 0 Å². The summed E-state index contributed by atoms with van der Waals surface area (Å²) in [5.74, 6) is -0.581. The maximum Gasteiger partial charge on any atom is 0.270 e. The second-order valence-corrected chi connectivity index (χ2v) is 3.87. The molecule has 1 rings (SSSR count). The van der Waals surface area contributed by atoms with Gasteiger partial charge >= 0.3 is 0 Å². The van der Waals surface area contributed by atoms with E-state index in [0.717, 1.165) is 12.1 Å². The van der Waals surface area contributed by atoms with Crippen LogP contribution in [0.3, 0.4) is 0 Å². The average Bonchev–Trinajstić information content (AvgIpc) is 2.35. The molecule has 1 unspecified atom stereocenters. The number of nitro benzene ring substituents is 1. The number of rotatable bonds is 5. The number of aliphatic hydroxyl groups is 2. The van der Waals surface area contributed by atoms with Crippen LogP contribution in [0.1, 0.15) is 10.4 Å². The monoisotopic (exact) mass is 274 g/mol. The molecule has 0 heterocycles. The summed E-state index contributed by atoms with van der Waals surface area (Å²) in [6, 6.07) is 3.45. The molecule has 3 N–H and O–H groups in total. The van der Waals surface area contributed by atoms with E-state index in [1.807, 2.05) is 0 Å². The Morgan fingerprint density at radius 2 is 2.22 bits per heavy atom. The Morgan fingerprint density at radius 1 is 1.56 bits per heavy atom. The molecular weight excluding hydrogens is 264 g/mol. The van der Waals surface area contributed by atoms with Crippen molar-refractivity contribution in [1.82, 2.24) is 5.32 Å². The fourth-order valence-corrected chi connectivity index (χ4v) is 1.43. The molecule has 0 aliphatic rings. The molecule has 0 aliphatic heterocycles. The Hall–Kier alpha value is -1.70. The van der Waals surface area contributed by atoms with Gasteiger partial charge in [-0.2, -0.15) is 0 Å². The van der Waals surface area contributed by atoms with Crippen LogP contribution in [-0.2, 0) is 0 Å². The van der Waals surface area contributed by atoms with E-state index >= 15 is 0 Å². The average molecular weight is 275 g/mol. The molecule has 7 nitrogen and oxygen atoms in total. The van der Waals surface area contributed by atoms with Gasteiger partial charge in [-0.1, -0.05) is 11.6 Å². The molecule has 1 amide bonds. The highest BCUT2D eigenvalue weighted by molar-refractivity contribution is 6.34. The van der Waals surface area contributed by atoms with E-state index in [4.69, 9.17) is 21.8 Å². The van der Waals surface area contributed by atoms with Crippen molar-refractivity contribution in [3.8, 4) is 0 Å². The van der Waals surface area contributed by atoms with Crippen LogP contribution >= 0.6 is 11.6 Å². The van der Waals surface area contributed by atoms with E-state index < -0.39 is 23.5 Å². The summed E-state index contributed by atoms with van der Waals surface area (Å²) in [7, 11) is 0. The fourth-order valence-electron chi connectivity index (χ4n) is 1.17. The number of carbonyl (C=O) groups excluding carboxylic acids is 1. The molecule has 8 heteroatoms. The van der Waals surface area contributed by atoms with Crippen LogP contribution in [0.4, 0.5) is 5.69 Å². The smallest absolute Gasteiger partial charge is 0.270 e. The number of nitrogens with one attached hydrogen (secondary N) is 1. The molecule has 0 saturated heterocycles. The number of hydrogen-bond donors (Lipinski definition) is 3. The molecule has 1 aromatic carbocycles. The number of aliphatic hydroxyl groups excluding tert-OH is 2. The maximum absolute atomic E-state index is 11.6. The van der Waals surface area contributed by atoms with Gasteiger partial charge in [0.2, 0.25) is 0 Å². The first-order valence-electron chi connectivity index (χ1n) is 4.96. The zero-order valence-electron chi connectivity index (χ0n) is 9.17. The lowest BCUT2D eigenvalue weighted by Crippen LogP contribution is -2.34. The lowest BCUT2D eigenvalue weighted by atomic mass is 10.2. The van der Waals surface area contributed by atoms with Crippen LogP contribution in [0.15, 0.2) is 18.2 Å². The van der Waals surface area contributed by atoms with Gasteiger partial charge in [0.15, 0.2) is 0 Å². The van der Waals surface area contributed by atoms with Gasteiger partial charge < -0.3 is 15.5 Å². The number of benzene rings is 1. The van der Waals surface area contributed by atoms with Crippen molar-refractivity contribution < 1.29 is 19.9 Å². The molecule has 0 radical (unpaired) electrons. The Kier molecular flexibility index (Phi) is 5.02. The zero-order chi connectivity index (χ0) is 13.7. The van der Waals surface area contributed by atoms with Gasteiger partial charge in [0.25, 0.3) is 11.6 Å². The SMILES string of the molecule is O=C(NCC(O)CO)c1ccc([N+](=O)[O-])cc1Cl. The summed E-state index contributed by atoms with van der Waals surface area (Å²) in [6.07, 6.45) is -1.06.